The van der Waals surface area contributed by atoms with Crippen molar-refractivity contribution >= 4 is 16.9 Å². The molecule has 11 heavy (non-hydrogen) atoms. The Hall–Kier alpha value is -0.260. The zero-order valence-electron chi connectivity index (χ0n) is 6.17. The lowest BCUT2D eigenvalue weighted by Crippen LogP contribution is -2.48. The normalized spacial score (nSPS) is 20.8. The van der Waals surface area contributed by atoms with Crippen LogP contribution in [0.25, 0.3) is 0 Å². The lowest BCUT2D eigenvalue weighted by molar-refractivity contribution is -0.121. The van der Waals surface area contributed by atoms with Crippen LogP contribution in [0.3, 0.4) is 0 Å². The molecule has 0 radical (unpaired) electrons. The van der Waals surface area contributed by atoms with Gasteiger partial charge in [-0.3, -0.25) is 5.41 Å². The SMILES string of the molecule is N=C(N)SCC1(CO)COC1. The smallest absolute Gasteiger partial charge is 0.151 e. The maximum Gasteiger partial charge on any atom is 0.151 e. The molecule has 5 heteroatoms. The van der Waals surface area contributed by atoms with E-state index >= 15 is 0 Å². The van der Waals surface area contributed by atoms with E-state index in [2.05, 4.69) is 0 Å². The predicted octanol–water partition coefficient (Wildman–Crippen LogP) is -0.378. The summed E-state index contributed by atoms with van der Waals surface area (Å²) in [6.07, 6.45) is 0. The zero-order valence-corrected chi connectivity index (χ0v) is 6.99. The Morgan fingerprint density at radius 3 is 2.64 bits per heavy atom. The Balaban J connectivity index is 2.27. The summed E-state index contributed by atoms with van der Waals surface area (Å²) in [5.41, 5.74) is 5.03. The van der Waals surface area contributed by atoms with Gasteiger partial charge in [0, 0.05) is 11.2 Å². The van der Waals surface area contributed by atoms with Gasteiger partial charge in [0.2, 0.25) is 0 Å². The molecule has 0 saturated carbocycles. The summed E-state index contributed by atoms with van der Waals surface area (Å²) in [4.78, 5) is 0. The lowest BCUT2D eigenvalue weighted by atomic mass is 9.90. The third-order valence-electron chi connectivity index (χ3n) is 1.69. The summed E-state index contributed by atoms with van der Waals surface area (Å²) < 4.78 is 4.98. The molecule has 0 unspecified atom stereocenters. The number of rotatable bonds is 3. The van der Waals surface area contributed by atoms with Crippen molar-refractivity contribution in [1.82, 2.24) is 0 Å². The molecular weight excluding hydrogens is 164 g/mol. The van der Waals surface area contributed by atoms with Crippen molar-refractivity contribution < 1.29 is 9.84 Å². The first kappa shape index (κ1) is 8.83. The van der Waals surface area contributed by atoms with Crippen LogP contribution in [0.4, 0.5) is 0 Å². The Labute approximate surface area is 69.6 Å². The third-order valence-corrected chi connectivity index (χ3v) is 2.75. The van der Waals surface area contributed by atoms with Crippen molar-refractivity contribution in [2.24, 2.45) is 11.1 Å². The second-order valence-electron chi connectivity index (χ2n) is 2.80. The summed E-state index contributed by atoms with van der Waals surface area (Å²) in [6.45, 7) is 1.29. The molecule has 0 aromatic heterocycles. The number of aliphatic hydroxyl groups excluding tert-OH is 1. The van der Waals surface area contributed by atoms with Crippen molar-refractivity contribution in [2.75, 3.05) is 25.6 Å². The Morgan fingerprint density at radius 2 is 2.36 bits per heavy atom. The molecule has 1 heterocycles. The standard InChI is InChI=1S/C6H12N2O2S/c7-5(8)11-4-6(1-9)2-10-3-6/h9H,1-4H2,(H3,7,8). The average molecular weight is 176 g/mol. The Bertz CT molecular complexity index is 153. The highest BCUT2D eigenvalue weighted by Crippen LogP contribution is 2.30. The maximum atomic E-state index is 8.94. The fourth-order valence-electron chi connectivity index (χ4n) is 0.842. The van der Waals surface area contributed by atoms with Crippen molar-refractivity contribution in [2.45, 2.75) is 0 Å². The molecule has 0 aromatic rings. The van der Waals surface area contributed by atoms with E-state index in [1.54, 1.807) is 0 Å². The van der Waals surface area contributed by atoms with Gasteiger partial charge >= 0.3 is 0 Å². The second-order valence-corrected chi connectivity index (χ2v) is 3.82. The van der Waals surface area contributed by atoms with Gasteiger partial charge in [-0.25, -0.2) is 0 Å². The summed E-state index contributed by atoms with van der Waals surface area (Å²) >= 11 is 1.26. The fourth-order valence-corrected chi connectivity index (χ4v) is 1.56. The van der Waals surface area contributed by atoms with Crippen molar-refractivity contribution in [3.63, 3.8) is 0 Å². The molecule has 1 aliphatic heterocycles. The maximum absolute atomic E-state index is 8.94. The van der Waals surface area contributed by atoms with Crippen LogP contribution in [0, 0.1) is 10.8 Å². The highest BCUT2D eigenvalue weighted by Gasteiger charge is 2.38. The lowest BCUT2D eigenvalue weighted by Gasteiger charge is -2.39. The molecule has 1 fully saturated rings. The van der Waals surface area contributed by atoms with Gasteiger partial charge in [0.15, 0.2) is 5.17 Å². The van der Waals surface area contributed by atoms with E-state index in [0.717, 1.165) is 0 Å². The third kappa shape index (κ3) is 2.08. The minimum absolute atomic E-state index is 0.102. The summed E-state index contributed by atoms with van der Waals surface area (Å²) in [5.74, 6) is 0.679. The molecule has 4 nitrogen and oxygen atoms in total. The number of nitrogens with two attached hydrogens (primary N) is 1. The van der Waals surface area contributed by atoms with Gasteiger partial charge in [0.25, 0.3) is 0 Å². The van der Waals surface area contributed by atoms with Crippen LogP contribution in [-0.2, 0) is 4.74 Å². The van der Waals surface area contributed by atoms with E-state index in [1.165, 1.54) is 11.8 Å². The van der Waals surface area contributed by atoms with Crippen LogP contribution in [0.15, 0.2) is 0 Å². The van der Waals surface area contributed by atoms with Gasteiger partial charge in [-0.2, -0.15) is 0 Å². The zero-order chi connectivity index (χ0) is 8.32. The summed E-state index contributed by atoms with van der Waals surface area (Å²) in [7, 11) is 0. The van der Waals surface area contributed by atoms with Crippen LogP contribution in [-0.4, -0.2) is 35.8 Å². The first-order valence-electron chi connectivity index (χ1n) is 3.34. The Kier molecular flexibility index (Phi) is 2.75. The molecular formula is C6H12N2O2S. The minimum Gasteiger partial charge on any atom is -0.396 e. The summed E-state index contributed by atoms with van der Waals surface area (Å²) in [5, 5.41) is 16.0. The van der Waals surface area contributed by atoms with E-state index in [4.69, 9.17) is 21.0 Å². The first-order valence-corrected chi connectivity index (χ1v) is 4.32. The molecule has 64 valence electrons. The number of thioether (sulfide) groups is 1. The molecule has 0 bridgehead atoms. The van der Waals surface area contributed by atoms with E-state index in [1.807, 2.05) is 0 Å². The highest BCUT2D eigenvalue weighted by molar-refractivity contribution is 8.13. The van der Waals surface area contributed by atoms with Crippen molar-refractivity contribution in [1.29, 1.82) is 5.41 Å². The second kappa shape index (κ2) is 3.42. The quantitative estimate of drug-likeness (QED) is 0.404. The van der Waals surface area contributed by atoms with E-state index < -0.39 is 0 Å². The molecule has 0 atom stereocenters. The number of hydrogen-bond acceptors (Lipinski definition) is 4. The summed E-state index contributed by atoms with van der Waals surface area (Å²) in [6, 6.07) is 0. The molecule has 1 saturated heterocycles. The van der Waals surface area contributed by atoms with Gasteiger partial charge in [-0.05, 0) is 0 Å². The Morgan fingerprint density at radius 1 is 1.73 bits per heavy atom. The number of hydrogen-bond donors (Lipinski definition) is 3. The van der Waals surface area contributed by atoms with Crippen LogP contribution in [0.2, 0.25) is 0 Å². The number of nitrogens with one attached hydrogen (secondary N) is 1. The van der Waals surface area contributed by atoms with E-state index in [-0.39, 0.29) is 17.2 Å². The van der Waals surface area contributed by atoms with Crippen LogP contribution in [0.5, 0.6) is 0 Å². The minimum atomic E-state index is -0.129. The van der Waals surface area contributed by atoms with Crippen LogP contribution >= 0.6 is 11.8 Å². The topological polar surface area (TPSA) is 79.3 Å². The molecule has 1 aliphatic rings. The molecule has 4 N–H and O–H groups in total. The molecule has 0 spiro atoms. The van der Waals surface area contributed by atoms with Gasteiger partial charge in [0.05, 0.1) is 19.8 Å². The number of ether oxygens (including phenoxy) is 1. The van der Waals surface area contributed by atoms with Gasteiger partial charge in [-0.1, -0.05) is 11.8 Å². The van der Waals surface area contributed by atoms with E-state index in [0.29, 0.717) is 19.0 Å². The predicted molar refractivity (Wildman–Crippen MR) is 44.7 cm³/mol. The molecule has 0 aromatic carbocycles. The molecule has 0 amide bonds. The van der Waals surface area contributed by atoms with Crippen molar-refractivity contribution in [3.8, 4) is 0 Å². The first-order chi connectivity index (χ1) is 5.18. The van der Waals surface area contributed by atoms with Gasteiger partial charge in [-0.15, -0.1) is 0 Å². The highest BCUT2D eigenvalue weighted by atomic mass is 32.2. The number of amidine groups is 1. The average Bonchev–Trinajstić information content (AvgIpc) is 1.86. The van der Waals surface area contributed by atoms with Crippen LogP contribution in [0.1, 0.15) is 0 Å². The molecule has 0 aliphatic carbocycles. The fraction of sp³-hybridized carbons (Fsp3) is 0.833. The molecule has 1 rings (SSSR count). The van der Waals surface area contributed by atoms with Crippen LogP contribution < -0.4 is 5.73 Å². The van der Waals surface area contributed by atoms with Crippen molar-refractivity contribution in [3.05, 3.63) is 0 Å². The monoisotopic (exact) mass is 176 g/mol. The largest absolute Gasteiger partial charge is 0.396 e. The number of aliphatic hydroxyl groups is 1. The van der Waals surface area contributed by atoms with Gasteiger partial charge < -0.3 is 15.6 Å². The van der Waals surface area contributed by atoms with Gasteiger partial charge in [0.1, 0.15) is 0 Å². The van der Waals surface area contributed by atoms with E-state index in [9.17, 15) is 0 Å².